The van der Waals surface area contributed by atoms with E-state index in [0.717, 1.165) is 46.4 Å². The maximum absolute atomic E-state index is 13.9. The van der Waals surface area contributed by atoms with Gasteiger partial charge in [0, 0.05) is 43.8 Å². The van der Waals surface area contributed by atoms with Gasteiger partial charge in [-0.05, 0) is 37.2 Å². The zero-order chi connectivity index (χ0) is 25.6. The van der Waals surface area contributed by atoms with E-state index in [1.807, 2.05) is 49.1 Å². The van der Waals surface area contributed by atoms with Gasteiger partial charge in [-0.15, -0.1) is 0 Å². The average Bonchev–Trinajstić information content (AvgIpc) is 3.24. The van der Waals surface area contributed by atoms with E-state index in [-0.39, 0.29) is 18.5 Å². The van der Waals surface area contributed by atoms with Crippen molar-refractivity contribution < 1.29 is 9.59 Å². The fourth-order valence-electron chi connectivity index (χ4n) is 5.19. The molecule has 1 aromatic carbocycles. The summed E-state index contributed by atoms with van der Waals surface area (Å²) in [6, 6.07) is 6.75. The number of benzene rings is 1. The van der Waals surface area contributed by atoms with Crippen LogP contribution in [0.5, 0.6) is 0 Å². The van der Waals surface area contributed by atoms with E-state index >= 15 is 0 Å². The zero-order valence-corrected chi connectivity index (χ0v) is 22.3. The minimum atomic E-state index is -0.634. The summed E-state index contributed by atoms with van der Waals surface area (Å²) in [5, 5.41) is 0.950. The Hall–Kier alpha value is -3.05. The number of aryl methyl sites for hydroxylation is 1. The number of guanidine groups is 1. The highest BCUT2D eigenvalue weighted by molar-refractivity contribution is 9.11. The van der Waals surface area contributed by atoms with Gasteiger partial charge in [-0.2, -0.15) is 0 Å². The monoisotopic (exact) mass is 554 g/mol. The number of allylic oxidation sites excluding steroid dienone is 1. The number of carbonyl (C=O) groups excluding carboxylic acids is 2. The van der Waals surface area contributed by atoms with Crippen molar-refractivity contribution in [3.63, 3.8) is 0 Å². The van der Waals surface area contributed by atoms with E-state index in [4.69, 9.17) is 10.7 Å². The summed E-state index contributed by atoms with van der Waals surface area (Å²) in [7, 11) is 1.70. The number of likely N-dealkylation sites (tertiary alicyclic amines) is 1. The maximum Gasteiger partial charge on any atom is 0.328 e. The molecule has 2 N–H and O–H groups in total. The molecule has 11 heteroatoms. The van der Waals surface area contributed by atoms with Gasteiger partial charge in [-0.25, -0.2) is 19.8 Å². The predicted octanol–water partition coefficient (Wildman–Crippen LogP) is 2.42. The Kier molecular flexibility index (Phi) is 6.69. The lowest BCUT2D eigenvalue weighted by atomic mass is 10.1. The molecule has 2 fully saturated rings. The molecule has 3 unspecified atom stereocenters. The molecule has 36 heavy (non-hydrogen) atoms. The van der Waals surface area contributed by atoms with Crippen LogP contribution in [0.25, 0.3) is 10.9 Å². The first-order chi connectivity index (χ1) is 17.2. The minimum Gasteiger partial charge on any atom is -0.341 e. The number of urea groups is 1. The fourth-order valence-corrected chi connectivity index (χ4v) is 5.34. The number of imide groups is 1. The number of fused-ring (bicyclic) bond motifs is 2. The largest absolute Gasteiger partial charge is 0.341 e. The lowest BCUT2D eigenvalue weighted by Gasteiger charge is -2.42. The molecule has 5 rings (SSSR count). The molecule has 1 aromatic heterocycles. The Bertz CT molecular complexity index is 1260. The highest BCUT2D eigenvalue weighted by atomic mass is 79.9. The number of hydrogen-bond acceptors (Lipinski definition) is 8. The fraction of sp³-hybridized carbons (Fsp3) is 0.480. The topological polar surface area (TPSA) is 111 Å². The number of carbonyl (C=O) groups is 2. The molecular weight excluding hydrogens is 524 g/mol. The van der Waals surface area contributed by atoms with Crippen molar-refractivity contribution in [2.75, 3.05) is 26.7 Å². The molecular formula is C25H31BrN8O2. The van der Waals surface area contributed by atoms with Gasteiger partial charge in [-0.1, -0.05) is 40.2 Å². The van der Waals surface area contributed by atoms with Crippen LogP contribution in [-0.2, 0) is 11.3 Å². The second-order valence-electron chi connectivity index (χ2n) is 9.64. The van der Waals surface area contributed by atoms with Crippen LogP contribution in [-0.4, -0.2) is 92.4 Å². The molecule has 2 aromatic rings. The highest BCUT2D eigenvalue weighted by Gasteiger charge is 2.53. The second-order valence-corrected chi connectivity index (χ2v) is 10.9. The molecule has 0 aliphatic carbocycles. The first kappa shape index (κ1) is 24.6. The van der Waals surface area contributed by atoms with E-state index in [9.17, 15) is 9.59 Å². The maximum atomic E-state index is 13.9. The summed E-state index contributed by atoms with van der Waals surface area (Å²) in [4.78, 5) is 48.3. The van der Waals surface area contributed by atoms with Gasteiger partial charge in [0.2, 0.25) is 0 Å². The molecule has 2 saturated heterocycles. The lowest BCUT2D eigenvalue weighted by molar-refractivity contribution is -0.138. The highest BCUT2D eigenvalue weighted by Crippen LogP contribution is 2.31. The van der Waals surface area contributed by atoms with Crippen LogP contribution in [0, 0.1) is 6.92 Å². The normalized spacial score (nSPS) is 25.1. The average molecular weight is 555 g/mol. The van der Waals surface area contributed by atoms with E-state index in [2.05, 4.69) is 30.8 Å². The second kappa shape index (κ2) is 9.78. The number of hydrogen-bond donors (Lipinski definition) is 1. The molecule has 3 amide bonds. The van der Waals surface area contributed by atoms with Crippen molar-refractivity contribution >= 4 is 44.7 Å². The van der Waals surface area contributed by atoms with E-state index < -0.39 is 18.2 Å². The number of halogens is 1. The number of aromatic nitrogens is 2. The number of nitrogens with two attached hydrogens (primary N) is 1. The molecule has 190 valence electrons. The van der Waals surface area contributed by atoms with Crippen LogP contribution in [0.3, 0.4) is 0 Å². The predicted molar refractivity (Wildman–Crippen MR) is 141 cm³/mol. The number of likely N-dealkylation sites (N-methyl/N-ethyl adjacent to an activating group) is 1. The Morgan fingerprint density at radius 2 is 2.03 bits per heavy atom. The van der Waals surface area contributed by atoms with E-state index in [1.54, 1.807) is 11.9 Å². The quantitative estimate of drug-likeness (QED) is 0.617. The van der Waals surface area contributed by atoms with Gasteiger partial charge < -0.3 is 20.4 Å². The number of rotatable bonds is 4. The Labute approximate surface area is 219 Å². The van der Waals surface area contributed by atoms with Crippen LogP contribution in [0.2, 0.25) is 0 Å². The van der Waals surface area contributed by atoms with Crippen LogP contribution < -0.4 is 5.73 Å². The Morgan fingerprint density at radius 1 is 1.25 bits per heavy atom. The van der Waals surface area contributed by atoms with Gasteiger partial charge in [0.05, 0.1) is 12.1 Å². The molecule has 0 bridgehead atoms. The molecule has 10 nitrogen and oxygen atoms in total. The number of piperidine rings is 1. The van der Waals surface area contributed by atoms with E-state index in [1.165, 1.54) is 4.90 Å². The van der Waals surface area contributed by atoms with Crippen molar-refractivity contribution in [1.82, 2.24) is 29.6 Å². The van der Waals surface area contributed by atoms with Crippen molar-refractivity contribution in [3.8, 4) is 0 Å². The van der Waals surface area contributed by atoms with Crippen molar-refractivity contribution in [2.45, 2.75) is 51.5 Å². The lowest BCUT2D eigenvalue weighted by Crippen LogP contribution is -2.65. The summed E-state index contributed by atoms with van der Waals surface area (Å²) in [6.45, 7) is 5.83. The molecule has 3 aliphatic rings. The smallest absolute Gasteiger partial charge is 0.328 e. The molecule has 3 aliphatic heterocycles. The summed E-state index contributed by atoms with van der Waals surface area (Å²) >= 11 is 3.50. The summed E-state index contributed by atoms with van der Waals surface area (Å²) in [5.74, 6) is 0.861. The number of nitrogens with zero attached hydrogens (tertiary/aromatic N) is 7. The van der Waals surface area contributed by atoms with E-state index in [0.29, 0.717) is 18.9 Å². The molecule has 0 radical (unpaired) electrons. The summed E-state index contributed by atoms with van der Waals surface area (Å²) < 4.78 is 0.963. The Balaban J connectivity index is 1.47. The number of aliphatic imine (C=N–C) groups is 1. The van der Waals surface area contributed by atoms with Crippen LogP contribution in [0.1, 0.15) is 31.3 Å². The first-order valence-corrected chi connectivity index (χ1v) is 13.0. The summed E-state index contributed by atoms with van der Waals surface area (Å²) in [5.41, 5.74) is 7.85. The molecule has 0 spiro atoms. The molecule has 4 heterocycles. The van der Waals surface area contributed by atoms with Gasteiger partial charge in [0.1, 0.15) is 5.82 Å². The van der Waals surface area contributed by atoms with Crippen LogP contribution in [0.15, 0.2) is 39.8 Å². The number of para-hydroxylation sites is 1. The minimum absolute atomic E-state index is 0.00196. The summed E-state index contributed by atoms with van der Waals surface area (Å²) in [6.07, 6.45) is 3.33. The number of amides is 3. The van der Waals surface area contributed by atoms with Gasteiger partial charge in [0.15, 0.2) is 18.2 Å². The SMILES string of the molecule is CC(Br)=CCN1C(N2CCCC(N)C2)=NC2C1C(=O)N(Cc1nc(C)c3ccccc3n1)C(=O)N2C. The first-order valence-electron chi connectivity index (χ1n) is 12.2. The van der Waals surface area contributed by atoms with Crippen molar-refractivity contribution in [2.24, 2.45) is 10.7 Å². The Morgan fingerprint density at radius 3 is 2.78 bits per heavy atom. The van der Waals surface area contributed by atoms with Gasteiger partial charge in [-0.3, -0.25) is 9.69 Å². The molecule has 0 saturated carbocycles. The standard InChI is InChI=1S/C25H31BrN8O2/c1-15(26)10-12-33-21-22(30-24(33)32-11-6-7-17(27)13-32)31(3)25(36)34(23(21)35)14-20-28-16(2)18-8-4-5-9-19(18)29-20/h4-5,8-10,17,21-22H,6-7,11-14,27H2,1-3H3. The third kappa shape index (κ3) is 4.45. The van der Waals surface area contributed by atoms with Crippen molar-refractivity contribution in [3.05, 3.63) is 46.3 Å². The van der Waals surface area contributed by atoms with Gasteiger partial charge >= 0.3 is 6.03 Å². The van der Waals surface area contributed by atoms with Crippen molar-refractivity contribution in [1.29, 1.82) is 0 Å². The van der Waals surface area contributed by atoms with Gasteiger partial charge in [0.25, 0.3) is 5.91 Å². The third-order valence-corrected chi connectivity index (χ3v) is 7.34. The third-order valence-electron chi connectivity index (χ3n) is 7.02. The van der Waals surface area contributed by atoms with Crippen LogP contribution in [0.4, 0.5) is 4.79 Å². The zero-order valence-electron chi connectivity index (χ0n) is 20.8. The van der Waals surface area contributed by atoms with Crippen LogP contribution >= 0.6 is 15.9 Å². The molecule has 3 atom stereocenters.